The summed E-state index contributed by atoms with van der Waals surface area (Å²) in [7, 11) is 0. The van der Waals surface area contributed by atoms with Gasteiger partial charge in [0.25, 0.3) is 0 Å². The molecular weight excluding hydrogens is 929 g/mol. The van der Waals surface area contributed by atoms with Crippen molar-refractivity contribution in [1.29, 1.82) is 0 Å². The van der Waals surface area contributed by atoms with Gasteiger partial charge in [-0.25, -0.2) is 0 Å². The number of hydrogen-bond donors (Lipinski definition) is 0. The second-order valence-corrected chi connectivity index (χ2v) is 24.6. The molecule has 0 heterocycles. The number of rotatable bonds is 40. The van der Waals surface area contributed by atoms with Crippen molar-refractivity contribution in [2.45, 2.75) is 294 Å². The highest BCUT2D eigenvalue weighted by Gasteiger charge is 2.37. The number of ether oxygens (including phenoxy) is 2. The Bertz CT molecular complexity index is 1980. The SMILES string of the molecule is CCCCCCCCCCCCCCCC(=O)O[C@H]1CC(C)=C(/C=C/C(C)=C\C=C/C(C)=C/C=C/C=C(C)/C=C\C=C(C)/C=C/[C@@H]2C(C)=C[C@H](OC(=O)CCCCCCCCCCCCCCC)CC2(C)C)C(C)(C)C1. The second-order valence-electron chi connectivity index (χ2n) is 24.6. The minimum absolute atomic E-state index is 0.00519. The molecule has 0 aromatic rings. The summed E-state index contributed by atoms with van der Waals surface area (Å²) in [5.41, 5.74) is 8.64. The van der Waals surface area contributed by atoms with Gasteiger partial charge in [-0.1, -0.05) is 314 Å². The molecule has 0 bridgehead atoms. The zero-order valence-electron chi connectivity index (χ0n) is 51.4. The van der Waals surface area contributed by atoms with Crippen LogP contribution in [0.25, 0.3) is 0 Å². The summed E-state index contributed by atoms with van der Waals surface area (Å²) in [4.78, 5) is 25.6. The Kier molecular flexibility index (Phi) is 36.9. The van der Waals surface area contributed by atoms with Crippen LogP contribution in [0.3, 0.4) is 0 Å². The lowest BCUT2D eigenvalue weighted by atomic mass is 9.67. The molecule has 0 spiro atoms. The van der Waals surface area contributed by atoms with Gasteiger partial charge < -0.3 is 9.47 Å². The Morgan fingerprint density at radius 3 is 1.30 bits per heavy atom. The topological polar surface area (TPSA) is 52.6 Å². The first-order chi connectivity index (χ1) is 36.5. The smallest absolute Gasteiger partial charge is 0.306 e. The molecule has 4 heteroatoms. The van der Waals surface area contributed by atoms with Gasteiger partial charge in [0.15, 0.2) is 0 Å². The lowest BCUT2D eigenvalue weighted by Gasteiger charge is -2.40. The highest BCUT2D eigenvalue weighted by Crippen LogP contribution is 2.44. The lowest BCUT2D eigenvalue weighted by molar-refractivity contribution is -0.151. The predicted molar refractivity (Wildman–Crippen MR) is 332 cm³/mol. The molecule has 0 amide bonds. The van der Waals surface area contributed by atoms with Crippen molar-refractivity contribution >= 4 is 11.9 Å². The minimum atomic E-state index is -0.143. The number of hydrogen-bond acceptors (Lipinski definition) is 4. The highest BCUT2D eigenvalue weighted by molar-refractivity contribution is 5.70. The lowest BCUT2D eigenvalue weighted by Crippen LogP contribution is -2.34. The van der Waals surface area contributed by atoms with E-state index in [0.29, 0.717) is 18.8 Å². The van der Waals surface area contributed by atoms with Crippen LogP contribution in [-0.4, -0.2) is 24.1 Å². The molecule has 0 saturated heterocycles. The first kappa shape index (κ1) is 68.2. The average molecular weight is 1050 g/mol. The third kappa shape index (κ3) is 32.7. The standard InChI is InChI=1S/C72H116O4/c1-13-15-17-19-21-23-25-27-29-31-33-35-37-49-69(73)75-65-55-63(7)67(71(9,10)57-65)53-51-61(5)47-41-45-59(3)43-39-40-44-60(4)46-42-48-62(6)52-54-68-64(8)56-66(58-72(68,11)12)76-70(74)50-38-36-34-32-30-28-26-24-22-20-18-16-14-2/h39-48,51-55,65-67H,13-38,49-50,56-58H2,1-12H3/b40-39+,45-41-,46-42-,53-51+,54-52+,59-43+,60-44+,61-47-,62-48-/t65-,66-,67+/m0/s1. The van der Waals surface area contributed by atoms with Crippen molar-refractivity contribution < 1.29 is 19.1 Å². The molecule has 0 radical (unpaired) electrons. The van der Waals surface area contributed by atoms with Gasteiger partial charge in [0.05, 0.1) is 0 Å². The zero-order chi connectivity index (χ0) is 55.9. The van der Waals surface area contributed by atoms with Crippen LogP contribution < -0.4 is 0 Å². The number of carbonyl (C=O) groups is 2. The maximum absolute atomic E-state index is 12.8. The minimum Gasteiger partial charge on any atom is -0.462 e. The molecule has 2 aliphatic carbocycles. The van der Waals surface area contributed by atoms with Gasteiger partial charge in [-0.2, -0.15) is 0 Å². The van der Waals surface area contributed by atoms with Crippen molar-refractivity contribution in [3.05, 3.63) is 130 Å². The van der Waals surface area contributed by atoms with Gasteiger partial charge in [0, 0.05) is 25.2 Å². The number of esters is 2. The fourth-order valence-electron chi connectivity index (χ4n) is 11.3. The van der Waals surface area contributed by atoms with E-state index in [9.17, 15) is 9.59 Å². The third-order valence-electron chi connectivity index (χ3n) is 15.8. The van der Waals surface area contributed by atoms with Crippen LogP contribution >= 0.6 is 0 Å². The van der Waals surface area contributed by atoms with Crippen molar-refractivity contribution in [1.82, 2.24) is 0 Å². The Balaban J connectivity index is 1.73. The van der Waals surface area contributed by atoms with Crippen molar-refractivity contribution in [2.75, 3.05) is 0 Å². The maximum Gasteiger partial charge on any atom is 0.306 e. The van der Waals surface area contributed by atoms with Crippen LogP contribution in [0.2, 0.25) is 0 Å². The van der Waals surface area contributed by atoms with Crippen molar-refractivity contribution in [3.63, 3.8) is 0 Å². The van der Waals surface area contributed by atoms with Crippen LogP contribution in [0.1, 0.15) is 282 Å². The molecule has 0 saturated carbocycles. The Hall–Kier alpha value is -3.92. The molecule has 2 rings (SSSR count). The van der Waals surface area contributed by atoms with E-state index < -0.39 is 0 Å². The van der Waals surface area contributed by atoms with Gasteiger partial charge in [-0.05, 0) is 89.7 Å². The predicted octanol–water partition coefficient (Wildman–Crippen LogP) is 22.5. The monoisotopic (exact) mass is 1040 g/mol. The Morgan fingerprint density at radius 1 is 0.500 bits per heavy atom. The summed E-state index contributed by atoms with van der Waals surface area (Å²) < 4.78 is 12.0. The van der Waals surface area contributed by atoms with Crippen molar-refractivity contribution in [3.8, 4) is 0 Å². The molecular formula is C72H116O4. The summed E-state index contributed by atoms with van der Waals surface area (Å²) in [6.07, 6.45) is 69.9. The Morgan fingerprint density at radius 2 is 0.882 bits per heavy atom. The summed E-state index contributed by atoms with van der Waals surface area (Å²) >= 11 is 0. The summed E-state index contributed by atoms with van der Waals surface area (Å²) in [5.74, 6) is 0.224. The first-order valence-electron chi connectivity index (χ1n) is 31.3. The molecule has 0 aromatic carbocycles. The normalized spacial score (nSPS) is 19.8. The molecule has 76 heavy (non-hydrogen) atoms. The van der Waals surface area contributed by atoms with Crippen LogP contribution in [-0.2, 0) is 19.1 Å². The molecule has 0 aliphatic heterocycles. The zero-order valence-corrected chi connectivity index (χ0v) is 51.4. The largest absolute Gasteiger partial charge is 0.462 e. The number of allylic oxidation sites excluding steroid dienone is 20. The van der Waals surface area contributed by atoms with Crippen LogP contribution in [0.5, 0.6) is 0 Å². The van der Waals surface area contributed by atoms with E-state index in [1.165, 1.54) is 180 Å². The molecule has 2 aliphatic rings. The maximum atomic E-state index is 12.8. The number of carbonyl (C=O) groups excluding carboxylic acids is 2. The van der Waals surface area contributed by atoms with E-state index in [0.717, 1.165) is 44.9 Å². The fourth-order valence-corrected chi connectivity index (χ4v) is 11.3. The van der Waals surface area contributed by atoms with E-state index in [-0.39, 0.29) is 35.0 Å². The summed E-state index contributed by atoms with van der Waals surface area (Å²) in [6, 6.07) is 0. The van der Waals surface area contributed by atoms with E-state index in [4.69, 9.17) is 9.47 Å². The van der Waals surface area contributed by atoms with Crippen LogP contribution in [0, 0.1) is 16.7 Å². The fraction of sp³-hybridized carbons (Fsp3) is 0.667. The number of unbranched alkanes of at least 4 members (excludes halogenated alkanes) is 24. The van der Waals surface area contributed by atoms with Crippen LogP contribution in [0.4, 0.5) is 0 Å². The molecule has 0 fully saturated rings. The first-order valence-corrected chi connectivity index (χ1v) is 31.3. The molecule has 0 aromatic heterocycles. The summed E-state index contributed by atoms with van der Waals surface area (Å²) in [5, 5.41) is 0. The molecule has 3 atom stereocenters. The quantitative estimate of drug-likeness (QED) is 0.0266. The van der Waals surface area contributed by atoms with Gasteiger partial charge in [0.2, 0.25) is 0 Å². The van der Waals surface area contributed by atoms with Gasteiger partial charge >= 0.3 is 11.9 Å². The molecule has 0 unspecified atom stereocenters. The van der Waals surface area contributed by atoms with Gasteiger partial charge in [0.1, 0.15) is 12.2 Å². The summed E-state index contributed by atoms with van der Waals surface area (Å²) in [6.45, 7) is 26.6. The molecule has 4 nitrogen and oxygen atoms in total. The highest BCUT2D eigenvalue weighted by atomic mass is 16.5. The molecule has 0 N–H and O–H groups in total. The average Bonchev–Trinajstić information content (AvgIpc) is 3.34. The van der Waals surface area contributed by atoms with Crippen molar-refractivity contribution in [2.24, 2.45) is 16.7 Å². The third-order valence-corrected chi connectivity index (χ3v) is 15.8. The van der Waals surface area contributed by atoms with E-state index >= 15 is 0 Å². The van der Waals surface area contributed by atoms with Crippen LogP contribution in [0.15, 0.2) is 130 Å². The van der Waals surface area contributed by atoms with Gasteiger partial charge in [-0.3, -0.25) is 9.59 Å². The van der Waals surface area contributed by atoms with Gasteiger partial charge in [-0.15, -0.1) is 0 Å². The van der Waals surface area contributed by atoms with E-state index in [1.54, 1.807) is 0 Å². The van der Waals surface area contributed by atoms with E-state index in [2.05, 4.69) is 174 Å². The second kappa shape index (κ2) is 41.2. The van der Waals surface area contributed by atoms with E-state index in [1.807, 2.05) is 0 Å². The molecule has 428 valence electrons. The Labute approximate surface area is 470 Å².